The molecular weight excluding hydrogens is 472 g/mol. The first kappa shape index (κ1) is 24.4. The van der Waals surface area contributed by atoms with Gasteiger partial charge in [-0.15, -0.1) is 11.3 Å². The zero-order valence-electron chi connectivity index (χ0n) is 19.6. The number of carbonyl (C=O) groups excluding carboxylic acids is 5. The van der Waals surface area contributed by atoms with Crippen molar-refractivity contribution in [2.45, 2.75) is 45.2 Å². The van der Waals surface area contributed by atoms with Crippen LogP contribution >= 0.6 is 11.3 Å². The van der Waals surface area contributed by atoms with E-state index >= 15 is 0 Å². The lowest BCUT2D eigenvalue weighted by atomic mass is 9.99. The summed E-state index contributed by atoms with van der Waals surface area (Å²) in [5.41, 5.74) is 2.78. The van der Waals surface area contributed by atoms with E-state index in [0.29, 0.717) is 17.1 Å². The van der Waals surface area contributed by atoms with Crippen molar-refractivity contribution in [1.82, 2.24) is 15.8 Å². The van der Waals surface area contributed by atoms with Gasteiger partial charge in [0, 0.05) is 17.0 Å². The van der Waals surface area contributed by atoms with E-state index in [4.69, 9.17) is 4.74 Å². The molecule has 35 heavy (non-hydrogen) atoms. The van der Waals surface area contributed by atoms with Crippen LogP contribution in [0.4, 0.5) is 10.5 Å². The number of amides is 5. The fraction of sp³-hybridized carbons (Fsp3) is 0.375. The molecule has 3 heterocycles. The number of benzene rings is 1. The summed E-state index contributed by atoms with van der Waals surface area (Å²) in [7, 11) is 0. The molecule has 2 N–H and O–H groups in total. The summed E-state index contributed by atoms with van der Waals surface area (Å²) >= 11 is 1.42. The largest absolute Gasteiger partial charge is 0.455 e. The van der Waals surface area contributed by atoms with Crippen LogP contribution in [0, 0.1) is 12.8 Å². The Labute approximate surface area is 206 Å². The van der Waals surface area contributed by atoms with Crippen LogP contribution in [0.3, 0.4) is 0 Å². The van der Waals surface area contributed by atoms with Crippen molar-refractivity contribution in [2.75, 3.05) is 11.5 Å². The van der Waals surface area contributed by atoms with Gasteiger partial charge in [-0.05, 0) is 43.8 Å². The Hall–Kier alpha value is -3.73. The summed E-state index contributed by atoms with van der Waals surface area (Å²) in [5, 5.41) is 4.97. The standard InChI is InChI=1S/C24H26N4O6S/c1-4-24(3)22(32)28(23(33)25-24)26-18(29)13-34-21(31)16-12-19(30)27(15-9-7-14(2)8-10-15)20(16)17-6-5-11-35-17/h5-11,16,20H,4,12-13H2,1-3H3,(H,25,33)(H,26,29)/t16-,20-,24-/m0/s1. The minimum Gasteiger partial charge on any atom is -0.455 e. The van der Waals surface area contributed by atoms with Crippen LogP contribution in [0.15, 0.2) is 41.8 Å². The highest BCUT2D eigenvalue weighted by molar-refractivity contribution is 7.10. The predicted octanol–water partition coefficient (Wildman–Crippen LogP) is 2.45. The monoisotopic (exact) mass is 498 g/mol. The second-order valence-electron chi connectivity index (χ2n) is 8.77. The second-order valence-corrected chi connectivity index (χ2v) is 9.75. The number of thiophene rings is 1. The third kappa shape index (κ3) is 4.63. The number of aryl methyl sites for hydroxylation is 1. The van der Waals surface area contributed by atoms with Crippen LogP contribution in [0.1, 0.15) is 43.2 Å². The van der Waals surface area contributed by atoms with Crippen molar-refractivity contribution < 1.29 is 28.7 Å². The molecule has 0 unspecified atom stereocenters. The summed E-state index contributed by atoms with van der Waals surface area (Å²) in [6, 6.07) is 9.81. The van der Waals surface area contributed by atoms with Gasteiger partial charge in [0.05, 0.1) is 12.0 Å². The van der Waals surface area contributed by atoms with E-state index in [2.05, 4.69) is 10.7 Å². The average molecular weight is 499 g/mol. The summed E-state index contributed by atoms with van der Waals surface area (Å²) in [5.74, 6) is -3.20. The van der Waals surface area contributed by atoms with Crippen LogP contribution in [0.5, 0.6) is 0 Å². The molecule has 2 aliphatic rings. The molecule has 0 spiro atoms. The lowest BCUT2D eigenvalue weighted by Crippen LogP contribution is -2.49. The fourth-order valence-corrected chi connectivity index (χ4v) is 5.05. The zero-order valence-corrected chi connectivity index (χ0v) is 20.4. The van der Waals surface area contributed by atoms with Gasteiger partial charge in [0.1, 0.15) is 5.54 Å². The van der Waals surface area contributed by atoms with E-state index in [1.54, 1.807) is 18.7 Å². The number of carbonyl (C=O) groups is 5. The molecule has 5 amide bonds. The van der Waals surface area contributed by atoms with Crippen LogP contribution in [-0.2, 0) is 23.9 Å². The second kappa shape index (κ2) is 9.49. The number of hydrazine groups is 1. The van der Waals surface area contributed by atoms with Gasteiger partial charge in [0.25, 0.3) is 11.8 Å². The predicted molar refractivity (Wildman–Crippen MR) is 127 cm³/mol. The number of ether oxygens (including phenoxy) is 1. The first-order valence-corrected chi connectivity index (χ1v) is 12.1. The highest BCUT2D eigenvalue weighted by atomic mass is 32.1. The van der Waals surface area contributed by atoms with Gasteiger partial charge < -0.3 is 15.0 Å². The molecule has 2 saturated heterocycles. The highest BCUT2D eigenvalue weighted by Crippen LogP contribution is 2.43. The van der Waals surface area contributed by atoms with Crippen molar-refractivity contribution in [3.05, 3.63) is 52.2 Å². The number of urea groups is 1. The topological polar surface area (TPSA) is 125 Å². The molecule has 0 radical (unpaired) electrons. The van der Waals surface area contributed by atoms with Gasteiger partial charge in [-0.25, -0.2) is 4.79 Å². The summed E-state index contributed by atoms with van der Waals surface area (Å²) in [6.07, 6.45) is 0.273. The lowest BCUT2D eigenvalue weighted by Gasteiger charge is -2.27. The van der Waals surface area contributed by atoms with Crippen LogP contribution in [0.2, 0.25) is 0 Å². The number of hydrogen-bond acceptors (Lipinski definition) is 7. The lowest BCUT2D eigenvalue weighted by molar-refractivity contribution is -0.154. The van der Waals surface area contributed by atoms with E-state index in [1.807, 2.05) is 48.7 Å². The molecule has 1 aromatic carbocycles. The Morgan fingerprint density at radius 3 is 2.51 bits per heavy atom. The molecule has 10 nitrogen and oxygen atoms in total. The minimum atomic E-state index is -1.11. The SMILES string of the molecule is CC[C@]1(C)NC(=O)N(NC(=O)COC(=O)[C@H]2CC(=O)N(c3ccc(C)cc3)[C@@H]2c2cccs2)C1=O. The Morgan fingerprint density at radius 2 is 1.91 bits per heavy atom. The number of anilines is 1. The van der Waals surface area contributed by atoms with Gasteiger partial charge in [0.15, 0.2) is 6.61 Å². The molecular formula is C24H26N4O6S. The van der Waals surface area contributed by atoms with Gasteiger partial charge in [-0.1, -0.05) is 30.7 Å². The minimum absolute atomic E-state index is 0.0707. The number of esters is 1. The number of nitrogens with one attached hydrogen (secondary N) is 2. The molecule has 0 bridgehead atoms. The van der Waals surface area contributed by atoms with Crippen LogP contribution in [-0.4, -0.2) is 46.9 Å². The maximum atomic E-state index is 13.0. The van der Waals surface area contributed by atoms with Crippen LogP contribution < -0.4 is 15.6 Å². The van der Waals surface area contributed by atoms with Gasteiger partial charge >= 0.3 is 12.0 Å². The van der Waals surface area contributed by atoms with Crippen LogP contribution in [0.25, 0.3) is 0 Å². The van der Waals surface area contributed by atoms with Gasteiger partial charge in [-0.2, -0.15) is 5.01 Å². The maximum Gasteiger partial charge on any atom is 0.344 e. The Balaban J connectivity index is 1.45. The van der Waals surface area contributed by atoms with E-state index < -0.39 is 47.9 Å². The van der Waals surface area contributed by atoms with Crippen molar-refractivity contribution in [3.63, 3.8) is 0 Å². The molecule has 2 aromatic rings. The Kier molecular flexibility index (Phi) is 6.62. The quantitative estimate of drug-likeness (QED) is 0.446. The Morgan fingerprint density at radius 1 is 1.20 bits per heavy atom. The molecule has 184 valence electrons. The van der Waals surface area contributed by atoms with Crippen molar-refractivity contribution in [2.24, 2.45) is 5.92 Å². The molecule has 4 rings (SSSR count). The summed E-state index contributed by atoms with van der Waals surface area (Å²) in [4.78, 5) is 65.3. The van der Waals surface area contributed by atoms with E-state index in [9.17, 15) is 24.0 Å². The smallest absolute Gasteiger partial charge is 0.344 e. The molecule has 11 heteroatoms. The molecule has 0 saturated carbocycles. The molecule has 2 fully saturated rings. The molecule has 1 aromatic heterocycles. The molecule has 0 aliphatic carbocycles. The van der Waals surface area contributed by atoms with Crippen molar-refractivity contribution in [1.29, 1.82) is 0 Å². The van der Waals surface area contributed by atoms with Gasteiger partial charge in [-0.3, -0.25) is 24.6 Å². The third-order valence-electron chi connectivity index (χ3n) is 6.32. The number of rotatable bonds is 7. The van der Waals surface area contributed by atoms with Gasteiger partial charge in [0.2, 0.25) is 5.91 Å². The van der Waals surface area contributed by atoms with Crippen molar-refractivity contribution >= 4 is 46.7 Å². The normalized spacial score (nSPS) is 24.0. The highest BCUT2D eigenvalue weighted by Gasteiger charge is 2.48. The molecule has 3 atom stereocenters. The number of nitrogens with zero attached hydrogens (tertiary/aromatic N) is 2. The maximum absolute atomic E-state index is 13.0. The van der Waals surface area contributed by atoms with E-state index in [-0.39, 0.29) is 12.3 Å². The summed E-state index contributed by atoms with van der Waals surface area (Å²) < 4.78 is 5.23. The first-order chi connectivity index (χ1) is 16.6. The van der Waals surface area contributed by atoms with E-state index in [1.165, 1.54) is 11.3 Å². The number of imide groups is 1. The first-order valence-electron chi connectivity index (χ1n) is 11.2. The third-order valence-corrected chi connectivity index (χ3v) is 7.27. The number of hydrogen-bond donors (Lipinski definition) is 2. The fourth-order valence-electron chi connectivity index (χ4n) is 4.17. The van der Waals surface area contributed by atoms with Crippen molar-refractivity contribution in [3.8, 4) is 0 Å². The molecule has 2 aliphatic heterocycles. The summed E-state index contributed by atoms with van der Waals surface area (Å²) in [6.45, 7) is 4.53. The Bertz CT molecular complexity index is 1170. The zero-order chi connectivity index (χ0) is 25.3. The van der Waals surface area contributed by atoms with E-state index in [0.717, 1.165) is 10.4 Å². The average Bonchev–Trinajstić information content (AvgIpc) is 3.53.